The fraction of sp³-hybridized carbons (Fsp3) is 0.533. The fourth-order valence-corrected chi connectivity index (χ4v) is 2.96. The SMILES string of the molecule is O=C(COc1ccc(Cl)cc1)N1CCCC1C1CC1. The molecule has 19 heavy (non-hydrogen) atoms. The lowest BCUT2D eigenvalue weighted by atomic mass is 10.1. The van der Waals surface area contributed by atoms with Crippen LogP contribution in [-0.4, -0.2) is 30.0 Å². The van der Waals surface area contributed by atoms with Crippen molar-refractivity contribution in [2.45, 2.75) is 31.7 Å². The van der Waals surface area contributed by atoms with Crippen LogP contribution in [0.2, 0.25) is 5.02 Å². The maximum atomic E-state index is 12.2. The van der Waals surface area contributed by atoms with Gasteiger partial charge in [-0.25, -0.2) is 0 Å². The number of hydrogen-bond acceptors (Lipinski definition) is 2. The minimum atomic E-state index is 0.115. The van der Waals surface area contributed by atoms with Gasteiger partial charge in [0.05, 0.1) is 0 Å². The molecule has 2 fully saturated rings. The normalized spacial score (nSPS) is 22.6. The lowest BCUT2D eigenvalue weighted by Gasteiger charge is -2.24. The smallest absolute Gasteiger partial charge is 0.260 e. The molecule has 1 saturated heterocycles. The molecule has 102 valence electrons. The highest BCUT2D eigenvalue weighted by atomic mass is 35.5. The molecule has 1 aliphatic carbocycles. The van der Waals surface area contributed by atoms with Crippen LogP contribution in [-0.2, 0) is 4.79 Å². The lowest BCUT2D eigenvalue weighted by molar-refractivity contribution is -0.134. The van der Waals surface area contributed by atoms with Gasteiger partial charge in [-0.2, -0.15) is 0 Å². The van der Waals surface area contributed by atoms with Crippen molar-refractivity contribution in [3.63, 3.8) is 0 Å². The van der Waals surface area contributed by atoms with E-state index >= 15 is 0 Å². The van der Waals surface area contributed by atoms with Gasteiger partial charge in [-0.15, -0.1) is 0 Å². The first-order chi connectivity index (χ1) is 9.24. The Balaban J connectivity index is 1.54. The van der Waals surface area contributed by atoms with Crippen molar-refractivity contribution in [3.8, 4) is 5.75 Å². The zero-order valence-corrected chi connectivity index (χ0v) is 11.6. The highest BCUT2D eigenvalue weighted by molar-refractivity contribution is 6.30. The Morgan fingerprint density at radius 2 is 2.00 bits per heavy atom. The molecule has 2 aliphatic rings. The molecule has 1 aromatic carbocycles. The number of amides is 1. The average molecular weight is 280 g/mol. The van der Waals surface area contributed by atoms with Crippen LogP contribution >= 0.6 is 11.6 Å². The molecule has 1 atom stereocenters. The summed E-state index contributed by atoms with van der Waals surface area (Å²) in [5.74, 6) is 1.56. The Hall–Kier alpha value is -1.22. The van der Waals surface area contributed by atoms with E-state index in [-0.39, 0.29) is 12.5 Å². The average Bonchev–Trinajstić information content (AvgIpc) is 3.15. The van der Waals surface area contributed by atoms with Crippen LogP contribution in [0.4, 0.5) is 0 Å². The predicted octanol–water partition coefficient (Wildman–Crippen LogP) is 3.12. The van der Waals surface area contributed by atoms with Crippen LogP contribution in [0, 0.1) is 5.92 Å². The summed E-state index contributed by atoms with van der Waals surface area (Å²) in [4.78, 5) is 14.2. The Labute approximate surface area is 118 Å². The maximum Gasteiger partial charge on any atom is 0.260 e. The molecular weight excluding hydrogens is 262 g/mol. The van der Waals surface area contributed by atoms with E-state index in [1.54, 1.807) is 24.3 Å². The van der Waals surface area contributed by atoms with Crippen LogP contribution in [0.25, 0.3) is 0 Å². The number of hydrogen-bond donors (Lipinski definition) is 0. The predicted molar refractivity (Wildman–Crippen MR) is 74.4 cm³/mol. The minimum Gasteiger partial charge on any atom is -0.484 e. The first-order valence-electron chi connectivity index (χ1n) is 6.92. The Kier molecular flexibility index (Phi) is 3.65. The molecule has 1 unspecified atom stereocenters. The highest BCUT2D eigenvalue weighted by Gasteiger charge is 2.39. The van der Waals surface area contributed by atoms with Gasteiger partial charge >= 0.3 is 0 Å². The monoisotopic (exact) mass is 279 g/mol. The van der Waals surface area contributed by atoms with E-state index in [2.05, 4.69) is 0 Å². The third kappa shape index (κ3) is 3.03. The summed E-state index contributed by atoms with van der Waals surface area (Å²) in [6, 6.07) is 7.59. The first-order valence-corrected chi connectivity index (χ1v) is 7.29. The van der Waals surface area contributed by atoms with E-state index in [4.69, 9.17) is 16.3 Å². The van der Waals surface area contributed by atoms with E-state index in [0.717, 1.165) is 25.3 Å². The molecule has 1 heterocycles. The number of benzene rings is 1. The summed E-state index contributed by atoms with van der Waals surface area (Å²) in [7, 11) is 0. The first kappa shape index (κ1) is 12.8. The van der Waals surface area contributed by atoms with Gasteiger partial charge < -0.3 is 9.64 Å². The third-order valence-corrected chi connectivity index (χ3v) is 4.21. The third-order valence-electron chi connectivity index (χ3n) is 3.96. The van der Waals surface area contributed by atoms with Gasteiger partial charge in [0, 0.05) is 17.6 Å². The van der Waals surface area contributed by atoms with E-state index in [0.29, 0.717) is 16.8 Å². The van der Waals surface area contributed by atoms with Crippen LogP contribution in [0.1, 0.15) is 25.7 Å². The van der Waals surface area contributed by atoms with Crippen molar-refractivity contribution in [1.29, 1.82) is 0 Å². The number of carbonyl (C=O) groups is 1. The summed E-state index contributed by atoms with van der Waals surface area (Å²) in [6.45, 7) is 1.02. The quantitative estimate of drug-likeness (QED) is 0.847. The number of carbonyl (C=O) groups excluding carboxylic acids is 1. The molecule has 3 nitrogen and oxygen atoms in total. The molecule has 0 N–H and O–H groups in total. The number of likely N-dealkylation sites (tertiary alicyclic amines) is 1. The number of nitrogens with zero attached hydrogens (tertiary/aromatic N) is 1. The second-order valence-corrected chi connectivity index (χ2v) is 5.81. The fourth-order valence-electron chi connectivity index (χ4n) is 2.83. The van der Waals surface area contributed by atoms with Gasteiger partial charge in [0.2, 0.25) is 0 Å². The van der Waals surface area contributed by atoms with Crippen molar-refractivity contribution in [2.24, 2.45) is 5.92 Å². The maximum absolute atomic E-state index is 12.2. The van der Waals surface area contributed by atoms with Crippen molar-refractivity contribution in [3.05, 3.63) is 29.3 Å². The molecule has 0 spiro atoms. The van der Waals surface area contributed by atoms with Gasteiger partial charge in [0.1, 0.15) is 5.75 Å². The highest BCUT2D eigenvalue weighted by Crippen LogP contribution is 2.40. The molecular formula is C15H18ClNO2. The molecule has 0 aromatic heterocycles. The van der Waals surface area contributed by atoms with Crippen molar-refractivity contribution < 1.29 is 9.53 Å². The summed E-state index contributed by atoms with van der Waals surface area (Å²) >= 11 is 5.81. The molecule has 1 aliphatic heterocycles. The van der Waals surface area contributed by atoms with Gasteiger partial charge in [0.25, 0.3) is 5.91 Å². The molecule has 1 saturated carbocycles. The molecule has 1 amide bonds. The van der Waals surface area contributed by atoms with Gasteiger partial charge in [-0.3, -0.25) is 4.79 Å². The number of halogens is 1. The van der Waals surface area contributed by atoms with Gasteiger partial charge in [0.15, 0.2) is 6.61 Å². The largest absolute Gasteiger partial charge is 0.484 e. The van der Waals surface area contributed by atoms with E-state index in [1.807, 2.05) is 4.90 Å². The van der Waals surface area contributed by atoms with Crippen LogP contribution in [0.3, 0.4) is 0 Å². The summed E-state index contributed by atoms with van der Waals surface area (Å²) in [5, 5.41) is 0.673. The topological polar surface area (TPSA) is 29.5 Å². The molecule has 0 bridgehead atoms. The van der Waals surface area contributed by atoms with Gasteiger partial charge in [-0.1, -0.05) is 11.6 Å². The van der Waals surface area contributed by atoms with E-state index < -0.39 is 0 Å². The van der Waals surface area contributed by atoms with Gasteiger partial charge in [-0.05, 0) is 55.9 Å². The Morgan fingerprint density at radius 1 is 1.26 bits per heavy atom. The molecule has 1 aromatic rings. The summed E-state index contributed by atoms with van der Waals surface area (Å²) in [5.41, 5.74) is 0. The minimum absolute atomic E-state index is 0.115. The summed E-state index contributed by atoms with van der Waals surface area (Å²) < 4.78 is 5.53. The molecule has 0 radical (unpaired) electrons. The van der Waals surface area contributed by atoms with E-state index in [1.165, 1.54) is 12.8 Å². The summed E-state index contributed by atoms with van der Waals surface area (Å²) in [6.07, 6.45) is 4.87. The Morgan fingerprint density at radius 3 is 2.68 bits per heavy atom. The molecule has 4 heteroatoms. The number of ether oxygens (including phenoxy) is 1. The van der Waals surface area contributed by atoms with Crippen LogP contribution in [0.15, 0.2) is 24.3 Å². The van der Waals surface area contributed by atoms with Crippen LogP contribution < -0.4 is 4.74 Å². The Bertz CT molecular complexity index is 456. The zero-order chi connectivity index (χ0) is 13.2. The zero-order valence-electron chi connectivity index (χ0n) is 10.8. The van der Waals surface area contributed by atoms with Crippen LogP contribution in [0.5, 0.6) is 5.75 Å². The number of rotatable bonds is 4. The second kappa shape index (κ2) is 5.41. The van der Waals surface area contributed by atoms with Crippen molar-refractivity contribution >= 4 is 17.5 Å². The standard InChI is InChI=1S/C15H18ClNO2/c16-12-5-7-13(8-6-12)19-10-15(18)17-9-1-2-14(17)11-3-4-11/h5-8,11,14H,1-4,9-10H2. The van der Waals surface area contributed by atoms with Crippen molar-refractivity contribution in [2.75, 3.05) is 13.2 Å². The molecule has 3 rings (SSSR count). The van der Waals surface area contributed by atoms with E-state index in [9.17, 15) is 4.79 Å². The lowest BCUT2D eigenvalue weighted by Crippen LogP contribution is -2.39. The second-order valence-electron chi connectivity index (χ2n) is 5.38. The van der Waals surface area contributed by atoms with Crippen molar-refractivity contribution in [1.82, 2.24) is 4.90 Å².